The minimum Gasteiger partial charge on any atom is -0.388 e. The Bertz CT molecular complexity index is 371. The number of aliphatic hydroxyl groups is 1. The molecule has 3 nitrogen and oxygen atoms in total. The number of rotatable bonds is 8. The Morgan fingerprint density at radius 2 is 1.89 bits per heavy atom. The van der Waals surface area contributed by atoms with Gasteiger partial charge in [0.1, 0.15) is 0 Å². The van der Waals surface area contributed by atoms with Crippen molar-refractivity contribution in [2.75, 3.05) is 40.8 Å². The van der Waals surface area contributed by atoms with Crippen molar-refractivity contribution in [1.82, 2.24) is 9.80 Å². The summed E-state index contributed by atoms with van der Waals surface area (Å²) in [6.07, 6.45) is 1.45. The Labute approximate surface area is 121 Å². The summed E-state index contributed by atoms with van der Waals surface area (Å²) in [7, 11) is 6.27. The van der Waals surface area contributed by atoms with Gasteiger partial charge in [-0.1, -0.05) is 23.7 Å². The molecule has 19 heavy (non-hydrogen) atoms. The van der Waals surface area contributed by atoms with Crippen molar-refractivity contribution in [3.05, 3.63) is 34.9 Å². The summed E-state index contributed by atoms with van der Waals surface area (Å²) in [6.45, 7) is 3.04. The van der Waals surface area contributed by atoms with Crippen molar-refractivity contribution in [2.24, 2.45) is 0 Å². The molecule has 0 saturated carbocycles. The van der Waals surface area contributed by atoms with Gasteiger partial charge in [0.25, 0.3) is 0 Å². The molecule has 0 heterocycles. The Kier molecular flexibility index (Phi) is 7.39. The second kappa shape index (κ2) is 8.54. The lowest BCUT2D eigenvalue weighted by atomic mass is 10.1. The van der Waals surface area contributed by atoms with Gasteiger partial charge in [0.05, 0.1) is 6.10 Å². The van der Waals surface area contributed by atoms with E-state index in [9.17, 15) is 5.11 Å². The van der Waals surface area contributed by atoms with Crippen molar-refractivity contribution in [1.29, 1.82) is 0 Å². The molecule has 0 saturated heterocycles. The maximum absolute atomic E-state index is 10.1. The topological polar surface area (TPSA) is 26.7 Å². The maximum Gasteiger partial charge on any atom is 0.0802 e. The Hall–Kier alpha value is -0.610. The van der Waals surface area contributed by atoms with Gasteiger partial charge in [-0.15, -0.1) is 0 Å². The fourth-order valence-corrected chi connectivity index (χ4v) is 2.19. The molecule has 0 bridgehead atoms. The molecule has 1 unspecified atom stereocenters. The van der Waals surface area contributed by atoms with Crippen LogP contribution >= 0.6 is 11.6 Å². The van der Waals surface area contributed by atoms with Crippen LogP contribution in [0.25, 0.3) is 0 Å². The molecule has 4 heteroatoms. The van der Waals surface area contributed by atoms with E-state index in [1.165, 1.54) is 0 Å². The van der Waals surface area contributed by atoms with E-state index in [1.54, 1.807) is 0 Å². The number of nitrogens with zero attached hydrogens (tertiary/aromatic N) is 2. The summed E-state index contributed by atoms with van der Waals surface area (Å²) in [5.41, 5.74) is 0.897. The first-order valence-corrected chi connectivity index (χ1v) is 7.13. The van der Waals surface area contributed by atoms with Gasteiger partial charge >= 0.3 is 0 Å². The van der Waals surface area contributed by atoms with Crippen LogP contribution in [0.5, 0.6) is 0 Å². The SMILES string of the molecule is CN(C)CCCN(C)CCC(O)c1cccc(Cl)c1. The van der Waals surface area contributed by atoms with Crippen LogP contribution < -0.4 is 0 Å². The highest BCUT2D eigenvalue weighted by molar-refractivity contribution is 6.30. The monoisotopic (exact) mass is 284 g/mol. The molecule has 0 aliphatic heterocycles. The first-order chi connectivity index (χ1) is 8.99. The quantitative estimate of drug-likeness (QED) is 0.795. The molecule has 1 N–H and O–H groups in total. The van der Waals surface area contributed by atoms with E-state index in [4.69, 9.17) is 11.6 Å². The Morgan fingerprint density at radius 1 is 1.16 bits per heavy atom. The summed E-state index contributed by atoms with van der Waals surface area (Å²) in [4.78, 5) is 4.45. The minimum atomic E-state index is -0.435. The highest BCUT2D eigenvalue weighted by atomic mass is 35.5. The number of hydrogen-bond donors (Lipinski definition) is 1. The molecule has 1 rings (SSSR count). The zero-order valence-electron chi connectivity index (χ0n) is 12.1. The molecule has 0 amide bonds. The highest BCUT2D eigenvalue weighted by Crippen LogP contribution is 2.20. The number of benzene rings is 1. The van der Waals surface area contributed by atoms with E-state index in [2.05, 4.69) is 30.9 Å². The Morgan fingerprint density at radius 3 is 2.53 bits per heavy atom. The minimum absolute atomic E-state index is 0.435. The lowest BCUT2D eigenvalue weighted by Crippen LogP contribution is -2.25. The fourth-order valence-electron chi connectivity index (χ4n) is 1.99. The summed E-state index contributed by atoms with van der Waals surface area (Å²) in [5.74, 6) is 0. The molecule has 0 aliphatic rings. The maximum atomic E-state index is 10.1. The third-order valence-corrected chi connectivity index (χ3v) is 3.40. The molecule has 0 radical (unpaired) electrons. The van der Waals surface area contributed by atoms with Crippen LogP contribution in [-0.4, -0.2) is 55.7 Å². The largest absolute Gasteiger partial charge is 0.388 e. The predicted octanol–water partition coefficient (Wildman–Crippen LogP) is 2.65. The summed E-state index contributed by atoms with van der Waals surface area (Å²) >= 11 is 5.92. The fraction of sp³-hybridized carbons (Fsp3) is 0.600. The zero-order valence-corrected chi connectivity index (χ0v) is 12.9. The van der Waals surface area contributed by atoms with Gasteiger partial charge in [-0.05, 0) is 64.8 Å². The standard InChI is InChI=1S/C15H25ClN2O/c1-17(2)9-5-10-18(3)11-8-15(19)13-6-4-7-14(16)12-13/h4,6-7,12,15,19H,5,8-11H2,1-3H3. The molecule has 1 aromatic carbocycles. The van der Waals surface area contributed by atoms with E-state index >= 15 is 0 Å². The average Bonchev–Trinajstić information content (AvgIpc) is 2.35. The molecule has 1 aromatic rings. The van der Waals surface area contributed by atoms with Crippen LogP contribution in [0.15, 0.2) is 24.3 Å². The van der Waals surface area contributed by atoms with Gasteiger partial charge < -0.3 is 14.9 Å². The first-order valence-electron chi connectivity index (χ1n) is 6.76. The third-order valence-electron chi connectivity index (χ3n) is 3.16. The molecule has 0 spiro atoms. The van der Waals surface area contributed by atoms with Crippen molar-refractivity contribution < 1.29 is 5.11 Å². The Balaban J connectivity index is 2.27. The molecule has 0 aliphatic carbocycles. The van der Waals surface area contributed by atoms with Gasteiger partial charge in [-0.3, -0.25) is 0 Å². The van der Waals surface area contributed by atoms with Gasteiger partial charge in [-0.25, -0.2) is 0 Å². The summed E-state index contributed by atoms with van der Waals surface area (Å²) in [6, 6.07) is 7.45. The van der Waals surface area contributed by atoms with Crippen molar-refractivity contribution >= 4 is 11.6 Å². The highest BCUT2D eigenvalue weighted by Gasteiger charge is 2.09. The number of hydrogen-bond acceptors (Lipinski definition) is 3. The second-order valence-corrected chi connectivity index (χ2v) is 5.76. The molecule has 0 aromatic heterocycles. The molecular weight excluding hydrogens is 260 g/mol. The van der Waals surface area contributed by atoms with Crippen molar-refractivity contribution in [3.63, 3.8) is 0 Å². The second-order valence-electron chi connectivity index (χ2n) is 5.32. The lowest BCUT2D eigenvalue weighted by molar-refractivity contribution is 0.148. The normalized spacial score (nSPS) is 13.2. The summed E-state index contributed by atoms with van der Waals surface area (Å²) in [5, 5.41) is 10.8. The van der Waals surface area contributed by atoms with Gasteiger partial charge in [0.2, 0.25) is 0 Å². The number of aliphatic hydroxyl groups excluding tert-OH is 1. The van der Waals surface area contributed by atoms with Crippen molar-refractivity contribution in [3.8, 4) is 0 Å². The molecular formula is C15H25ClN2O. The van der Waals surface area contributed by atoms with Gasteiger partial charge in [-0.2, -0.15) is 0 Å². The molecule has 1 atom stereocenters. The van der Waals surface area contributed by atoms with Crippen LogP contribution in [0, 0.1) is 0 Å². The smallest absolute Gasteiger partial charge is 0.0802 e. The van der Waals surface area contributed by atoms with Gasteiger partial charge in [0.15, 0.2) is 0 Å². The van der Waals surface area contributed by atoms with Crippen LogP contribution in [0.1, 0.15) is 24.5 Å². The van der Waals surface area contributed by atoms with Gasteiger partial charge in [0, 0.05) is 11.6 Å². The van der Waals surface area contributed by atoms with E-state index in [1.807, 2.05) is 24.3 Å². The van der Waals surface area contributed by atoms with Crippen LogP contribution in [0.4, 0.5) is 0 Å². The first kappa shape index (κ1) is 16.4. The van der Waals surface area contributed by atoms with E-state index in [-0.39, 0.29) is 0 Å². The van der Waals surface area contributed by atoms with E-state index in [0.29, 0.717) is 5.02 Å². The lowest BCUT2D eigenvalue weighted by Gasteiger charge is -2.20. The average molecular weight is 285 g/mol. The van der Waals surface area contributed by atoms with Crippen LogP contribution in [0.3, 0.4) is 0 Å². The molecule has 108 valence electrons. The van der Waals surface area contributed by atoms with Crippen molar-refractivity contribution in [2.45, 2.75) is 18.9 Å². The summed E-state index contributed by atoms with van der Waals surface area (Å²) < 4.78 is 0. The van der Waals surface area contributed by atoms with Crippen LogP contribution in [-0.2, 0) is 0 Å². The predicted molar refractivity (Wildman–Crippen MR) is 81.7 cm³/mol. The van der Waals surface area contributed by atoms with Crippen LogP contribution in [0.2, 0.25) is 5.02 Å². The third kappa shape index (κ3) is 6.92. The zero-order chi connectivity index (χ0) is 14.3. The van der Waals surface area contributed by atoms with E-state index < -0.39 is 6.10 Å². The van der Waals surface area contributed by atoms with E-state index in [0.717, 1.165) is 38.0 Å². The number of halogens is 1. The molecule has 0 fully saturated rings.